The Bertz CT molecular complexity index is 1060. The van der Waals surface area contributed by atoms with Crippen molar-refractivity contribution in [1.29, 1.82) is 0 Å². The van der Waals surface area contributed by atoms with Crippen molar-refractivity contribution in [2.75, 3.05) is 7.05 Å². The first-order valence-corrected chi connectivity index (χ1v) is 11.8. The molecule has 2 heterocycles. The van der Waals surface area contributed by atoms with Gasteiger partial charge in [0.2, 0.25) is 5.95 Å². The maximum atomic E-state index is 13.4. The molecule has 33 heavy (non-hydrogen) atoms. The van der Waals surface area contributed by atoms with Crippen LogP contribution in [-0.2, 0) is 19.5 Å². The van der Waals surface area contributed by atoms with Crippen LogP contribution in [0.4, 0.5) is 4.39 Å². The molecule has 0 saturated carbocycles. The molecule has 174 valence electrons. The topological polar surface area (TPSA) is 48.4 Å². The van der Waals surface area contributed by atoms with Crippen LogP contribution < -0.4 is 5.32 Å². The highest BCUT2D eigenvalue weighted by Gasteiger charge is 2.29. The molecule has 1 fully saturated rings. The zero-order chi connectivity index (χ0) is 23.4. The lowest BCUT2D eigenvalue weighted by atomic mass is 10.0. The third-order valence-corrected chi connectivity index (χ3v) is 6.60. The molecule has 0 radical (unpaired) electrons. The molecule has 1 unspecified atom stereocenters. The van der Waals surface area contributed by atoms with Crippen LogP contribution in [0.2, 0.25) is 5.02 Å². The number of pyridine rings is 1. The first-order valence-electron chi connectivity index (χ1n) is 11.4. The second kappa shape index (κ2) is 10.7. The summed E-state index contributed by atoms with van der Waals surface area (Å²) in [5.74, 6) is -0.403. The zero-order valence-corrected chi connectivity index (χ0v) is 19.9. The number of aliphatic hydroxyl groups is 1. The van der Waals surface area contributed by atoms with E-state index in [1.165, 1.54) is 11.1 Å². The van der Waals surface area contributed by atoms with Gasteiger partial charge < -0.3 is 10.4 Å². The van der Waals surface area contributed by atoms with E-state index in [0.29, 0.717) is 16.6 Å². The highest BCUT2D eigenvalue weighted by atomic mass is 35.5. The van der Waals surface area contributed by atoms with Gasteiger partial charge in [-0.15, -0.1) is 0 Å². The molecule has 0 amide bonds. The third kappa shape index (κ3) is 6.39. The Morgan fingerprint density at radius 1 is 1.06 bits per heavy atom. The Balaban J connectivity index is 1.27. The van der Waals surface area contributed by atoms with Gasteiger partial charge in [-0.2, -0.15) is 4.39 Å². The third-order valence-electron chi connectivity index (χ3n) is 6.35. The van der Waals surface area contributed by atoms with Crippen LogP contribution in [-0.4, -0.2) is 34.1 Å². The zero-order valence-electron chi connectivity index (χ0n) is 19.1. The van der Waals surface area contributed by atoms with Crippen LogP contribution in [0.1, 0.15) is 46.8 Å². The number of aromatic nitrogens is 1. The van der Waals surface area contributed by atoms with Gasteiger partial charge in [0.15, 0.2) is 0 Å². The average Bonchev–Trinajstić information content (AvgIpc) is 3.26. The lowest BCUT2D eigenvalue weighted by Crippen LogP contribution is -2.35. The molecule has 6 heteroatoms. The average molecular weight is 468 g/mol. The molecule has 1 aromatic heterocycles. The molecular formula is C27H31ClFN3O. The first kappa shape index (κ1) is 23.8. The number of aliphatic hydroxyl groups excluding tert-OH is 1. The van der Waals surface area contributed by atoms with Gasteiger partial charge in [0, 0.05) is 42.0 Å². The summed E-state index contributed by atoms with van der Waals surface area (Å²) < 4.78 is 13.4. The maximum absolute atomic E-state index is 13.4. The predicted octanol–water partition coefficient (Wildman–Crippen LogP) is 5.21. The second-order valence-electron chi connectivity index (χ2n) is 9.19. The Labute approximate surface area is 200 Å². The number of halogens is 2. The molecule has 4 nitrogen and oxygen atoms in total. The molecule has 0 spiro atoms. The molecule has 0 aliphatic carbocycles. The summed E-state index contributed by atoms with van der Waals surface area (Å²) in [6.07, 6.45) is 4.03. The fourth-order valence-electron chi connectivity index (χ4n) is 4.60. The van der Waals surface area contributed by atoms with Gasteiger partial charge in [-0.3, -0.25) is 4.90 Å². The van der Waals surface area contributed by atoms with Crippen molar-refractivity contribution in [2.45, 2.75) is 57.5 Å². The summed E-state index contributed by atoms with van der Waals surface area (Å²) in [4.78, 5) is 6.01. The van der Waals surface area contributed by atoms with Crippen LogP contribution in [0.25, 0.3) is 0 Å². The maximum Gasteiger partial charge on any atom is 0.215 e. The largest absolute Gasteiger partial charge is 0.387 e. The fraction of sp³-hybridized carbons (Fsp3) is 0.370. The van der Waals surface area contributed by atoms with Gasteiger partial charge in [-0.05, 0) is 73.7 Å². The van der Waals surface area contributed by atoms with Crippen molar-refractivity contribution >= 4 is 11.6 Å². The lowest BCUT2D eigenvalue weighted by Gasteiger charge is -2.21. The smallest absolute Gasteiger partial charge is 0.215 e. The van der Waals surface area contributed by atoms with Crippen LogP contribution >= 0.6 is 11.6 Å². The van der Waals surface area contributed by atoms with Crippen molar-refractivity contribution in [3.05, 3.63) is 99.6 Å². The van der Waals surface area contributed by atoms with E-state index in [1.54, 1.807) is 13.1 Å². The molecule has 2 aromatic carbocycles. The Morgan fingerprint density at radius 3 is 2.42 bits per heavy atom. The van der Waals surface area contributed by atoms with Gasteiger partial charge >= 0.3 is 0 Å². The van der Waals surface area contributed by atoms with Gasteiger partial charge in [-0.25, -0.2) is 4.98 Å². The van der Waals surface area contributed by atoms with Crippen molar-refractivity contribution in [1.82, 2.24) is 15.2 Å². The number of nitrogens with zero attached hydrogens (tertiary/aromatic N) is 2. The van der Waals surface area contributed by atoms with E-state index in [9.17, 15) is 9.50 Å². The van der Waals surface area contributed by atoms with Gasteiger partial charge in [0.25, 0.3) is 0 Å². The number of benzene rings is 2. The number of nitrogens with one attached hydrogen (secondary N) is 1. The van der Waals surface area contributed by atoms with Gasteiger partial charge in [0.1, 0.15) is 0 Å². The lowest BCUT2D eigenvalue weighted by molar-refractivity contribution is 0.135. The molecule has 4 rings (SSSR count). The summed E-state index contributed by atoms with van der Waals surface area (Å²) in [6.45, 7) is 3.28. The highest BCUT2D eigenvalue weighted by Crippen LogP contribution is 2.27. The summed E-state index contributed by atoms with van der Waals surface area (Å²) >= 11 is 5.96. The van der Waals surface area contributed by atoms with Crippen LogP contribution in [0.5, 0.6) is 0 Å². The summed E-state index contributed by atoms with van der Waals surface area (Å²) in [5.41, 5.74) is 5.02. The minimum atomic E-state index is -0.523. The molecule has 0 bridgehead atoms. The standard InChI is InChI=1S/C27H31ClFN3O/c1-18-13-21(15-30-27(18)29)17-32(2)16-20-5-3-19(4-6-20)14-24-11-12-25(31-24)26(33)22-7-9-23(28)10-8-22/h3-10,13,15,24-26,31,33H,11-12,14,16-17H2,1-2H3/t24-,25+,26?/m0/s1. The molecule has 1 aliphatic rings. The van der Waals surface area contributed by atoms with E-state index >= 15 is 0 Å². The van der Waals surface area contributed by atoms with E-state index in [4.69, 9.17) is 11.6 Å². The molecule has 3 aromatic rings. The molecule has 1 saturated heterocycles. The normalized spacial score (nSPS) is 19.2. The number of aryl methyl sites for hydroxylation is 1. The highest BCUT2D eigenvalue weighted by molar-refractivity contribution is 6.30. The monoisotopic (exact) mass is 467 g/mol. The van der Waals surface area contributed by atoms with Crippen LogP contribution in [0.3, 0.4) is 0 Å². The minimum absolute atomic E-state index is 0.0636. The molecule has 1 aliphatic heterocycles. The van der Waals surface area contributed by atoms with Crippen LogP contribution in [0.15, 0.2) is 60.8 Å². The second-order valence-corrected chi connectivity index (χ2v) is 9.62. The quantitative estimate of drug-likeness (QED) is 0.446. The van der Waals surface area contributed by atoms with E-state index in [2.05, 4.69) is 46.5 Å². The molecule has 3 atom stereocenters. The predicted molar refractivity (Wildman–Crippen MR) is 131 cm³/mol. The van der Waals surface area contributed by atoms with Crippen molar-refractivity contribution in [2.24, 2.45) is 0 Å². The van der Waals surface area contributed by atoms with E-state index in [-0.39, 0.29) is 6.04 Å². The molecular weight excluding hydrogens is 437 g/mol. The van der Waals surface area contributed by atoms with Crippen molar-refractivity contribution in [3.63, 3.8) is 0 Å². The van der Waals surface area contributed by atoms with Gasteiger partial charge in [0.05, 0.1) is 6.10 Å². The Hall–Kier alpha value is -2.31. The van der Waals surface area contributed by atoms with Crippen molar-refractivity contribution < 1.29 is 9.50 Å². The summed E-state index contributed by atoms with van der Waals surface area (Å²) in [6, 6.07) is 18.4. The minimum Gasteiger partial charge on any atom is -0.387 e. The number of rotatable bonds is 8. The summed E-state index contributed by atoms with van der Waals surface area (Å²) in [7, 11) is 2.06. The van der Waals surface area contributed by atoms with Crippen LogP contribution in [0, 0.1) is 12.9 Å². The Kier molecular flexibility index (Phi) is 7.76. The number of hydrogen-bond acceptors (Lipinski definition) is 4. The molecule has 2 N–H and O–H groups in total. The Morgan fingerprint density at radius 2 is 1.73 bits per heavy atom. The summed E-state index contributed by atoms with van der Waals surface area (Å²) in [5, 5.41) is 15.0. The van der Waals surface area contributed by atoms with E-state index in [1.807, 2.05) is 30.3 Å². The van der Waals surface area contributed by atoms with E-state index < -0.39 is 12.1 Å². The number of hydrogen-bond donors (Lipinski definition) is 2. The van der Waals surface area contributed by atoms with Crippen molar-refractivity contribution in [3.8, 4) is 0 Å². The first-order chi connectivity index (χ1) is 15.9. The fourth-order valence-corrected chi connectivity index (χ4v) is 4.73. The SMILES string of the molecule is Cc1cc(CN(C)Cc2ccc(C[C@@H]3CC[C@H](C(O)c4ccc(Cl)cc4)N3)cc2)cnc1F. The van der Waals surface area contributed by atoms with Gasteiger partial charge in [-0.1, -0.05) is 48.0 Å². The van der Waals surface area contributed by atoms with E-state index in [0.717, 1.165) is 43.5 Å².